The maximum atomic E-state index is 10.7. The molecule has 0 spiro atoms. The van der Waals surface area contributed by atoms with Crippen LogP contribution in [0.3, 0.4) is 0 Å². The Balaban J connectivity index is 4.49. The van der Waals surface area contributed by atoms with Gasteiger partial charge in [0, 0.05) is 0 Å². The molecule has 0 fully saturated rings. The van der Waals surface area contributed by atoms with Gasteiger partial charge < -0.3 is 0 Å². The fourth-order valence-electron chi connectivity index (χ4n) is 0.895. The van der Waals surface area contributed by atoms with Crippen LogP contribution in [-0.2, 0) is 18.6 Å². The number of carbonyl (C=O) groups excluding carboxylic acids is 2. The number of hydrogen-bond acceptors (Lipinski definition) is 4. The quantitative estimate of drug-likeness (QED) is 0.623. The van der Waals surface area contributed by atoms with Crippen LogP contribution < -0.4 is 0 Å². The average Bonchev–Trinajstić information content (AvgIpc) is 1.49. The average molecular weight is 194 g/mol. The number of rotatable bonds is 2. The zero-order chi connectivity index (χ0) is 10.0. The molecular weight excluding hydrogens is 179 g/mol. The van der Waals surface area contributed by atoms with Crippen LogP contribution in [0.2, 0.25) is 0 Å². The van der Waals surface area contributed by atoms with E-state index in [1.807, 2.05) is 0 Å². The number of hydrogen-bond donors (Lipinski definition) is 0. The molecule has 0 saturated heterocycles. The van der Waals surface area contributed by atoms with E-state index in [1.54, 1.807) is 20.0 Å². The molecule has 5 heteroatoms. The van der Waals surface area contributed by atoms with Gasteiger partial charge in [-0.3, -0.25) is 0 Å². The summed E-state index contributed by atoms with van der Waals surface area (Å²) in [6, 6.07) is 0. The van der Waals surface area contributed by atoms with Gasteiger partial charge in [0.2, 0.25) is 0 Å². The minimum atomic E-state index is -2.99. The van der Waals surface area contributed by atoms with Gasteiger partial charge in [0.25, 0.3) is 0 Å². The zero-order valence-corrected chi connectivity index (χ0v) is 8.97. The Morgan fingerprint density at radius 1 is 0.917 bits per heavy atom. The van der Waals surface area contributed by atoms with E-state index in [1.165, 1.54) is 13.8 Å². The summed E-state index contributed by atoms with van der Waals surface area (Å²) in [5.41, 5.74) is 0. The second kappa shape index (κ2) is 3.02. The van der Waals surface area contributed by atoms with Crippen molar-refractivity contribution >= 4 is 19.0 Å². The van der Waals surface area contributed by atoms with E-state index < -0.39 is 19.0 Å². The SMILES string of the molecule is CC(=O)OP(C)(C)(C)OC(C)=O. The molecule has 0 aromatic carbocycles. The van der Waals surface area contributed by atoms with Crippen molar-refractivity contribution < 1.29 is 18.6 Å². The molecule has 0 aliphatic heterocycles. The van der Waals surface area contributed by atoms with Crippen LogP contribution in [0.25, 0.3) is 0 Å². The van der Waals surface area contributed by atoms with Crippen LogP contribution in [-0.4, -0.2) is 31.9 Å². The molecule has 0 bridgehead atoms. The van der Waals surface area contributed by atoms with Gasteiger partial charge in [-0.2, -0.15) is 0 Å². The summed E-state index contributed by atoms with van der Waals surface area (Å²) in [5, 5.41) is 0. The molecule has 4 nitrogen and oxygen atoms in total. The molecule has 0 aromatic heterocycles. The Bertz CT molecular complexity index is 193. The fourth-order valence-corrected chi connectivity index (χ4v) is 2.68. The van der Waals surface area contributed by atoms with Gasteiger partial charge in [-0.25, -0.2) is 0 Å². The Hall–Kier alpha value is -0.630. The molecule has 12 heavy (non-hydrogen) atoms. The first-order valence-corrected chi connectivity index (χ1v) is 6.94. The monoisotopic (exact) mass is 194 g/mol. The van der Waals surface area contributed by atoms with Gasteiger partial charge in [0.1, 0.15) is 0 Å². The molecule has 0 aliphatic rings. The second-order valence-electron chi connectivity index (χ2n) is 3.68. The summed E-state index contributed by atoms with van der Waals surface area (Å²) in [7, 11) is -2.99. The van der Waals surface area contributed by atoms with Crippen molar-refractivity contribution in [2.45, 2.75) is 13.8 Å². The van der Waals surface area contributed by atoms with E-state index in [0.29, 0.717) is 0 Å². The molecule has 0 N–H and O–H groups in total. The van der Waals surface area contributed by atoms with Crippen molar-refractivity contribution in [1.82, 2.24) is 0 Å². The summed E-state index contributed by atoms with van der Waals surface area (Å²) in [5.74, 6) is -0.858. The zero-order valence-electron chi connectivity index (χ0n) is 8.08. The van der Waals surface area contributed by atoms with Gasteiger partial charge in [-0.05, 0) is 0 Å². The molecular formula is C7H15O4P. The summed E-state index contributed by atoms with van der Waals surface area (Å²) < 4.78 is 9.97. The first-order chi connectivity index (χ1) is 5.10. The van der Waals surface area contributed by atoms with Gasteiger partial charge in [-0.15, -0.1) is 0 Å². The summed E-state index contributed by atoms with van der Waals surface area (Å²) in [4.78, 5) is 21.3. The van der Waals surface area contributed by atoms with E-state index >= 15 is 0 Å². The van der Waals surface area contributed by atoms with E-state index in [2.05, 4.69) is 0 Å². The van der Waals surface area contributed by atoms with Crippen LogP contribution in [0, 0.1) is 0 Å². The first kappa shape index (κ1) is 11.4. The van der Waals surface area contributed by atoms with Crippen LogP contribution in [0.5, 0.6) is 0 Å². The molecule has 72 valence electrons. The van der Waals surface area contributed by atoms with Gasteiger partial charge in [0.15, 0.2) is 0 Å². The fraction of sp³-hybridized carbons (Fsp3) is 0.714. The molecule has 0 atom stereocenters. The third kappa shape index (κ3) is 5.08. The van der Waals surface area contributed by atoms with Crippen LogP contribution in [0.1, 0.15) is 13.8 Å². The van der Waals surface area contributed by atoms with Crippen LogP contribution in [0.4, 0.5) is 0 Å². The standard InChI is InChI=1S/C7H15O4P/c1-6(8)10-12(3,4,5)11-7(2)9/h1-5H3. The van der Waals surface area contributed by atoms with Crippen molar-refractivity contribution in [1.29, 1.82) is 0 Å². The molecule has 0 aliphatic carbocycles. The predicted molar refractivity (Wildman–Crippen MR) is 48.2 cm³/mol. The third-order valence-electron chi connectivity index (χ3n) is 0.879. The van der Waals surface area contributed by atoms with Gasteiger partial charge in [-0.1, -0.05) is 0 Å². The molecule has 0 heterocycles. The molecule has 0 amide bonds. The van der Waals surface area contributed by atoms with E-state index in [0.717, 1.165) is 0 Å². The van der Waals surface area contributed by atoms with Gasteiger partial charge >= 0.3 is 71.5 Å². The molecule has 0 saturated carbocycles. The van der Waals surface area contributed by atoms with Crippen LogP contribution >= 0.6 is 7.06 Å². The van der Waals surface area contributed by atoms with Crippen molar-refractivity contribution in [3.8, 4) is 0 Å². The Kier molecular flexibility index (Phi) is 2.86. The Labute approximate surface area is 72.3 Å². The van der Waals surface area contributed by atoms with Crippen molar-refractivity contribution in [3.05, 3.63) is 0 Å². The number of carbonyl (C=O) groups is 2. The maximum absolute atomic E-state index is 10.7. The van der Waals surface area contributed by atoms with Gasteiger partial charge in [0.05, 0.1) is 0 Å². The molecule has 0 unspecified atom stereocenters. The van der Waals surface area contributed by atoms with E-state index in [9.17, 15) is 9.59 Å². The summed E-state index contributed by atoms with van der Waals surface area (Å²) >= 11 is 0. The summed E-state index contributed by atoms with van der Waals surface area (Å²) in [6.45, 7) is 7.53. The van der Waals surface area contributed by atoms with Crippen molar-refractivity contribution in [2.75, 3.05) is 20.0 Å². The normalized spacial score (nSPS) is 14.2. The van der Waals surface area contributed by atoms with E-state index in [4.69, 9.17) is 9.05 Å². The van der Waals surface area contributed by atoms with Crippen molar-refractivity contribution in [3.63, 3.8) is 0 Å². The van der Waals surface area contributed by atoms with E-state index in [-0.39, 0.29) is 0 Å². The molecule has 0 aromatic rings. The third-order valence-corrected chi connectivity index (χ3v) is 2.64. The van der Waals surface area contributed by atoms with Crippen LogP contribution in [0.15, 0.2) is 0 Å². The topological polar surface area (TPSA) is 52.6 Å². The molecule has 0 radical (unpaired) electrons. The predicted octanol–water partition coefficient (Wildman–Crippen LogP) is 1.39. The van der Waals surface area contributed by atoms with Crippen molar-refractivity contribution in [2.24, 2.45) is 0 Å². The second-order valence-corrected chi connectivity index (χ2v) is 9.07. The summed E-state index contributed by atoms with van der Waals surface area (Å²) in [6.07, 6.45) is 0. The molecule has 0 rings (SSSR count). The Morgan fingerprint density at radius 2 is 1.17 bits per heavy atom. The minimum absolute atomic E-state index is 0.429. The first-order valence-electron chi connectivity index (χ1n) is 3.52. The Morgan fingerprint density at radius 3 is 1.33 bits per heavy atom.